The number of thiazole rings is 1. The van der Waals surface area contributed by atoms with Gasteiger partial charge >= 0.3 is 5.97 Å². The van der Waals surface area contributed by atoms with Gasteiger partial charge < -0.3 is 10.1 Å². The van der Waals surface area contributed by atoms with E-state index in [1.54, 1.807) is 24.4 Å². The molecule has 0 aliphatic rings. The molecule has 154 valence electrons. The number of rotatable bonds is 6. The van der Waals surface area contributed by atoms with Crippen LogP contribution in [0.25, 0.3) is 0 Å². The van der Waals surface area contributed by atoms with Gasteiger partial charge in [0, 0.05) is 37.9 Å². The Morgan fingerprint density at radius 1 is 1.03 bits per heavy atom. The number of hydrogen-bond donors (Lipinski definition) is 1. The van der Waals surface area contributed by atoms with E-state index in [1.165, 1.54) is 48.8 Å². The maximum atomic E-state index is 12.9. The van der Waals surface area contributed by atoms with Crippen molar-refractivity contribution < 1.29 is 19.1 Å². The number of nitrogens with one attached hydrogen (secondary N) is 1. The molecule has 3 rings (SSSR count). The normalized spacial score (nSPS) is 11.6. The Morgan fingerprint density at radius 2 is 1.67 bits per heavy atom. The van der Waals surface area contributed by atoms with Gasteiger partial charge in [-0.1, -0.05) is 23.2 Å². The molecule has 6 nitrogen and oxygen atoms in total. The number of amides is 1. The van der Waals surface area contributed by atoms with Crippen LogP contribution in [0.2, 0.25) is 10.0 Å². The minimum Gasteiger partial charge on any atom is -0.468 e. The number of halogens is 2. The molecule has 0 saturated heterocycles. The van der Waals surface area contributed by atoms with E-state index in [0.29, 0.717) is 31.9 Å². The van der Waals surface area contributed by atoms with Gasteiger partial charge in [-0.3, -0.25) is 14.4 Å². The number of esters is 1. The standard InChI is InChI=1S/C21H16Cl2N2O4S/c1-11-10-30-20(24-11)17(21(28)29-2)18(26)12-3-5-16(6-4-12)25-19(27)13-7-14(22)9-15(23)8-13/h3-10,17H,1-2H3,(H,25,27)/t17-/m1/s1. The first-order valence-electron chi connectivity index (χ1n) is 8.70. The quantitative estimate of drug-likeness (QED) is 0.311. The van der Waals surface area contributed by atoms with Crippen molar-refractivity contribution in [1.82, 2.24) is 4.98 Å². The third kappa shape index (κ3) is 5.05. The lowest BCUT2D eigenvalue weighted by Gasteiger charge is -2.12. The van der Waals surface area contributed by atoms with Gasteiger partial charge in [-0.25, -0.2) is 4.98 Å². The van der Waals surface area contributed by atoms with Crippen molar-refractivity contribution in [2.75, 3.05) is 12.4 Å². The van der Waals surface area contributed by atoms with E-state index in [4.69, 9.17) is 27.9 Å². The Kier molecular flexibility index (Phi) is 6.87. The number of hydrogen-bond acceptors (Lipinski definition) is 6. The number of Topliss-reactive ketones (excluding diaryl/α,β-unsaturated/α-hetero) is 1. The highest BCUT2D eigenvalue weighted by molar-refractivity contribution is 7.10. The minimum atomic E-state index is -1.14. The van der Waals surface area contributed by atoms with Crippen molar-refractivity contribution in [3.05, 3.63) is 79.7 Å². The molecule has 3 aromatic rings. The van der Waals surface area contributed by atoms with Crippen molar-refractivity contribution in [3.63, 3.8) is 0 Å². The summed E-state index contributed by atoms with van der Waals surface area (Å²) in [5.41, 5.74) is 1.78. The lowest BCUT2D eigenvalue weighted by molar-refractivity contribution is -0.141. The monoisotopic (exact) mass is 462 g/mol. The highest BCUT2D eigenvalue weighted by Crippen LogP contribution is 2.26. The van der Waals surface area contributed by atoms with E-state index >= 15 is 0 Å². The summed E-state index contributed by atoms with van der Waals surface area (Å²) in [6, 6.07) is 10.7. The van der Waals surface area contributed by atoms with Crippen LogP contribution in [-0.4, -0.2) is 29.8 Å². The smallest absolute Gasteiger partial charge is 0.323 e. The summed E-state index contributed by atoms with van der Waals surface area (Å²) in [4.78, 5) is 41.8. The summed E-state index contributed by atoms with van der Waals surface area (Å²) >= 11 is 13.1. The number of methoxy groups -OCH3 is 1. The lowest BCUT2D eigenvalue weighted by Crippen LogP contribution is -2.23. The molecule has 30 heavy (non-hydrogen) atoms. The minimum absolute atomic E-state index is 0.294. The maximum absolute atomic E-state index is 12.9. The number of carbonyl (C=O) groups excluding carboxylic acids is 3. The number of aryl methyl sites for hydroxylation is 1. The second-order valence-electron chi connectivity index (χ2n) is 6.34. The van der Waals surface area contributed by atoms with E-state index in [2.05, 4.69) is 10.3 Å². The van der Waals surface area contributed by atoms with Gasteiger partial charge in [0.05, 0.1) is 7.11 Å². The summed E-state index contributed by atoms with van der Waals surface area (Å²) in [6.45, 7) is 1.78. The van der Waals surface area contributed by atoms with E-state index in [0.717, 1.165) is 5.69 Å². The SMILES string of the molecule is COC(=O)[C@H](C(=O)c1ccc(NC(=O)c2cc(Cl)cc(Cl)c2)cc1)c1nc(C)cs1. The highest BCUT2D eigenvalue weighted by Gasteiger charge is 2.33. The fraction of sp³-hybridized carbons (Fsp3) is 0.143. The Hall–Kier alpha value is -2.74. The number of ether oxygens (including phenoxy) is 1. The molecule has 1 N–H and O–H groups in total. The van der Waals surface area contributed by atoms with Gasteiger partial charge in [-0.15, -0.1) is 11.3 Å². The zero-order valence-electron chi connectivity index (χ0n) is 15.9. The molecule has 0 bridgehead atoms. The molecule has 0 saturated carbocycles. The van der Waals surface area contributed by atoms with Gasteiger partial charge in [0.15, 0.2) is 11.7 Å². The predicted molar refractivity (Wildman–Crippen MR) is 117 cm³/mol. The van der Waals surface area contributed by atoms with Crippen molar-refractivity contribution in [1.29, 1.82) is 0 Å². The molecule has 0 aliphatic heterocycles. The lowest BCUT2D eigenvalue weighted by atomic mass is 9.98. The Balaban J connectivity index is 1.79. The topological polar surface area (TPSA) is 85.4 Å². The first-order valence-corrected chi connectivity index (χ1v) is 10.3. The third-order valence-corrected chi connectivity index (χ3v) is 5.60. The van der Waals surface area contributed by atoms with Crippen LogP contribution in [-0.2, 0) is 9.53 Å². The van der Waals surface area contributed by atoms with Gasteiger partial charge in [0.25, 0.3) is 5.91 Å². The highest BCUT2D eigenvalue weighted by atomic mass is 35.5. The Bertz CT molecular complexity index is 1090. The van der Waals surface area contributed by atoms with Gasteiger partial charge in [-0.05, 0) is 49.4 Å². The van der Waals surface area contributed by atoms with Crippen molar-refractivity contribution in [3.8, 4) is 0 Å². The average Bonchev–Trinajstić information content (AvgIpc) is 3.13. The third-order valence-electron chi connectivity index (χ3n) is 4.13. The second kappa shape index (κ2) is 9.38. The molecule has 2 aromatic carbocycles. The van der Waals surface area contributed by atoms with E-state index in [1.807, 2.05) is 0 Å². The Labute approximate surface area is 186 Å². The fourth-order valence-corrected chi connectivity index (χ4v) is 4.12. The maximum Gasteiger partial charge on any atom is 0.323 e. The molecule has 1 aromatic heterocycles. The van der Waals surface area contributed by atoms with Crippen LogP contribution >= 0.6 is 34.5 Å². The summed E-state index contributed by atoms with van der Waals surface area (Å²) < 4.78 is 4.79. The number of ketones is 1. The second-order valence-corrected chi connectivity index (χ2v) is 8.10. The summed E-state index contributed by atoms with van der Waals surface area (Å²) in [5.74, 6) is -2.65. The van der Waals surface area contributed by atoms with Crippen molar-refractivity contribution >= 4 is 57.9 Å². The first kappa shape index (κ1) is 22.0. The zero-order valence-corrected chi connectivity index (χ0v) is 18.3. The van der Waals surface area contributed by atoms with Crippen LogP contribution < -0.4 is 5.32 Å². The number of aromatic nitrogens is 1. The summed E-state index contributed by atoms with van der Waals surface area (Å²) in [5, 5.41) is 5.54. The van der Waals surface area contributed by atoms with Gasteiger partial charge in [-0.2, -0.15) is 0 Å². The molecular weight excluding hydrogens is 447 g/mol. The molecule has 0 aliphatic carbocycles. The molecular formula is C21H16Cl2N2O4S. The molecule has 0 radical (unpaired) electrons. The van der Waals surface area contributed by atoms with Crippen LogP contribution in [0.15, 0.2) is 47.8 Å². The summed E-state index contributed by atoms with van der Waals surface area (Å²) in [6.07, 6.45) is 0. The largest absolute Gasteiger partial charge is 0.468 e. The van der Waals surface area contributed by atoms with Crippen LogP contribution in [0, 0.1) is 6.92 Å². The van der Waals surface area contributed by atoms with Crippen LogP contribution in [0.5, 0.6) is 0 Å². The molecule has 9 heteroatoms. The molecule has 1 atom stereocenters. The molecule has 1 amide bonds. The van der Waals surface area contributed by atoms with E-state index in [9.17, 15) is 14.4 Å². The predicted octanol–water partition coefficient (Wildman–Crippen LogP) is 5.15. The number of nitrogens with zero attached hydrogens (tertiary/aromatic N) is 1. The van der Waals surface area contributed by atoms with Crippen molar-refractivity contribution in [2.24, 2.45) is 0 Å². The molecule has 1 heterocycles. The fourth-order valence-electron chi connectivity index (χ4n) is 2.72. The van der Waals surface area contributed by atoms with E-state index < -0.39 is 23.6 Å². The molecule has 0 fully saturated rings. The van der Waals surface area contributed by atoms with Crippen molar-refractivity contribution in [2.45, 2.75) is 12.8 Å². The number of carbonyl (C=O) groups is 3. The number of anilines is 1. The van der Waals surface area contributed by atoms with Crippen LogP contribution in [0.3, 0.4) is 0 Å². The molecule has 0 spiro atoms. The Morgan fingerprint density at radius 3 is 2.20 bits per heavy atom. The first-order chi connectivity index (χ1) is 14.3. The zero-order chi connectivity index (χ0) is 21.8. The summed E-state index contributed by atoms with van der Waals surface area (Å²) in [7, 11) is 1.23. The average molecular weight is 463 g/mol. The van der Waals surface area contributed by atoms with Gasteiger partial charge in [0.2, 0.25) is 0 Å². The van der Waals surface area contributed by atoms with Crippen LogP contribution in [0.4, 0.5) is 5.69 Å². The van der Waals surface area contributed by atoms with Gasteiger partial charge in [0.1, 0.15) is 5.01 Å². The van der Waals surface area contributed by atoms with Crippen LogP contribution in [0.1, 0.15) is 37.3 Å². The van der Waals surface area contributed by atoms with E-state index in [-0.39, 0.29) is 0 Å². The number of benzene rings is 2. The molecule has 0 unspecified atom stereocenters.